The van der Waals surface area contributed by atoms with E-state index in [-0.39, 0.29) is 12.5 Å². The largest absolute Gasteiger partial charge is 0.396 e. The summed E-state index contributed by atoms with van der Waals surface area (Å²) in [5.41, 5.74) is 0.728. The normalized spacial score (nSPS) is 9.27. The minimum absolute atomic E-state index is 0.0843. The molecule has 2 N–H and O–H groups in total. The maximum absolute atomic E-state index is 10.5. The van der Waals surface area contributed by atoms with Gasteiger partial charge in [0, 0.05) is 19.2 Å². The number of amides is 1. The van der Waals surface area contributed by atoms with Crippen molar-refractivity contribution in [2.75, 3.05) is 6.61 Å². The van der Waals surface area contributed by atoms with Gasteiger partial charge in [0.05, 0.1) is 0 Å². The lowest BCUT2D eigenvalue weighted by Gasteiger charge is -2.04. The van der Waals surface area contributed by atoms with Crippen LogP contribution in [-0.4, -0.2) is 17.6 Å². The first-order valence-corrected chi connectivity index (χ1v) is 3.73. The van der Waals surface area contributed by atoms with Crippen LogP contribution in [0.3, 0.4) is 0 Å². The summed E-state index contributed by atoms with van der Waals surface area (Å²) in [5, 5.41) is 11.0. The van der Waals surface area contributed by atoms with E-state index in [1.807, 2.05) is 0 Å². The molecule has 0 heterocycles. The Labute approximate surface area is 67.1 Å². The molecule has 0 rings (SSSR count). The standard InChI is InChI=1S/C8H15NO2/c1-7(9-8(2)11)5-3-4-6-10/h10H,1,3-6H2,2H3,(H,9,11). The van der Waals surface area contributed by atoms with Gasteiger partial charge in [0.2, 0.25) is 5.91 Å². The van der Waals surface area contributed by atoms with Crippen molar-refractivity contribution in [3.8, 4) is 0 Å². The van der Waals surface area contributed by atoms with Crippen molar-refractivity contribution in [3.63, 3.8) is 0 Å². The van der Waals surface area contributed by atoms with Crippen molar-refractivity contribution >= 4 is 5.91 Å². The summed E-state index contributed by atoms with van der Waals surface area (Å²) in [6.07, 6.45) is 2.38. The number of aliphatic hydroxyl groups excluding tert-OH is 1. The van der Waals surface area contributed by atoms with Gasteiger partial charge in [-0.2, -0.15) is 0 Å². The summed E-state index contributed by atoms with van der Waals surface area (Å²) in [5.74, 6) is -0.0843. The monoisotopic (exact) mass is 157 g/mol. The van der Waals surface area contributed by atoms with E-state index in [1.165, 1.54) is 6.92 Å². The van der Waals surface area contributed by atoms with Crippen LogP contribution in [0.15, 0.2) is 12.3 Å². The summed E-state index contributed by atoms with van der Waals surface area (Å²) in [7, 11) is 0. The molecule has 0 aromatic carbocycles. The van der Waals surface area contributed by atoms with Crippen LogP contribution < -0.4 is 5.32 Å². The summed E-state index contributed by atoms with van der Waals surface area (Å²) in [6.45, 7) is 5.31. The Morgan fingerprint density at radius 2 is 2.18 bits per heavy atom. The molecule has 0 aliphatic carbocycles. The van der Waals surface area contributed by atoms with E-state index in [0.29, 0.717) is 0 Å². The third-order valence-electron chi connectivity index (χ3n) is 1.24. The molecule has 0 spiro atoms. The number of allylic oxidation sites excluding steroid dienone is 1. The van der Waals surface area contributed by atoms with E-state index in [9.17, 15) is 4.79 Å². The molecule has 0 radical (unpaired) electrons. The first kappa shape index (κ1) is 10.2. The summed E-state index contributed by atoms with van der Waals surface area (Å²) >= 11 is 0. The van der Waals surface area contributed by atoms with Gasteiger partial charge in [0.15, 0.2) is 0 Å². The second kappa shape index (κ2) is 5.92. The Morgan fingerprint density at radius 3 is 2.64 bits per heavy atom. The molecule has 0 atom stereocenters. The van der Waals surface area contributed by atoms with E-state index in [0.717, 1.165) is 25.0 Å². The molecule has 64 valence electrons. The fraction of sp³-hybridized carbons (Fsp3) is 0.625. The zero-order valence-corrected chi connectivity index (χ0v) is 6.89. The van der Waals surface area contributed by atoms with Crippen molar-refractivity contribution in [1.29, 1.82) is 0 Å². The van der Waals surface area contributed by atoms with Gasteiger partial charge in [0.25, 0.3) is 0 Å². The number of hydrogen-bond acceptors (Lipinski definition) is 2. The van der Waals surface area contributed by atoms with Gasteiger partial charge in [-0.15, -0.1) is 0 Å². The number of rotatable bonds is 5. The SMILES string of the molecule is C=C(CCCCO)NC(C)=O. The summed E-state index contributed by atoms with van der Waals surface area (Å²) in [6, 6.07) is 0. The van der Waals surface area contributed by atoms with E-state index in [1.54, 1.807) is 0 Å². The Bertz CT molecular complexity index is 143. The maximum atomic E-state index is 10.5. The average Bonchev–Trinajstić information content (AvgIpc) is 1.86. The number of carbonyl (C=O) groups is 1. The second-order valence-corrected chi connectivity index (χ2v) is 2.47. The highest BCUT2D eigenvalue weighted by Crippen LogP contribution is 2.00. The third-order valence-corrected chi connectivity index (χ3v) is 1.24. The smallest absolute Gasteiger partial charge is 0.220 e. The fourth-order valence-corrected chi connectivity index (χ4v) is 0.762. The topological polar surface area (TPSA) is 49.3 Å². The van der Waals surface area contributed by atoms with Crippen LogP contribution in [0.2, 0.25) is 0 Å². The molecule has 11 heavy (non-hydrogen) atoms. The van der Waals surface area contributed by atoms with Gasteiger partial charge in [-0.25, -0.2) is 0 Å². The molecule has 0 unspecified atom stereocenters. The minimum Gasteiger partial charge on any atom is -0.396 e. The van der Waals surface area contributed by atoms with Gasteiger partial charge < -0.3 is 10.4 Å². The Balaban J connectivity index is 3.30. The van der Waals surface area contributed by atoms with Crippen LogP contribution in [0, 0.1) is 0 Å². The predicted octanol–water partition coefficient (Wildman–Crippen LogP) is 0.799. The molecular weight excluding hydrogens is 142 g/mol. The molecule has 0 saturated carbocycles. The Morgan fingerprint density at radius 1 is 1.55 bits per heavy atom. The zero-order valence-electron chi connectivity index (χ0n) is 6.89. The van der Waals surface area contributed by atoms with Crippen LogP contribution >= 0.6 is 0 Å². The quantitative estimate of drug-likeness (QED) is 0.580. The molecule has 0 fully saturated rings. The molecule has 0 aromatic heterocycles. The number of hydrogen-bond donors (Lipinski definition) is 2. The van der Waals surface area contributed by atoms with Gasteiger partial charge in [-0.05, 0) is 19.3 Å². The van der Waals surface area contributed by atoms with E-state index in [4.69, 9.17) is 5.11 Å². The molecule has 0 aliphatic rings. The van der Waals surface area contributed by atoms with E-state index < -0.39 is 0 Å². The van der Waals surface area contributed by atoms with E-state index >= 15 is 0 Å². The van der Waals surface area contributed by atoms with Gasteiger partial charge in [-0.1, -0.05) is 6.58 Å². The predicted molar refractivity (Wildman–Crippen MR) is 43.9 cm³/mol. The maximum Gasteiger partial charge on any atom is 0.220 e. The highest BCUT2D eigenvalue weighted by atomic mass is 16.2. The molecule has 0 aliphatic heterocycles. The molecular formula is C8H15NO2. The van der Waals surface area contributed by atoms with Crippen LogP contribution in [-0.2, 0) is 4.79 Å². The first-order chi connectivity index (χ1) is 5.16. The highest BCUT2D eigenvalue weighted by Gasteiger charge is 1.95. The zero-order chi connectivity index (χ0) is 8.69. The number of aliphatic hydroxyl groups is 1. The van der Waals surface area contributed by atoms with Crippen LogP contribution in [0.25, 0.3) is 0 Å². The van der Waals surface area contributed by atoms with Crippen molar-refractivity contribution in [1.82, 2.24) is 5.32 Å². The Kier molecular flexibility index (Phi) is 5.47. The highest BCUT2D eigenvalue weighted by molar-refractivity contribution is 5.74. The Hall–Kier alpha value is -0.830. The fourth-order valence-electron chi connectivity index (χ4n) is 0.762. The van der Waals surface area contributed by atoms with Crippen LogP contribution in [0.4, 0.5) is 0 Å². The van der Waals surface area contributed by atoms with Crippen molar-refractivity contribution in [2.45, 2.75) is 26.2 Å². The number of carbonyl (C=O) groups excluding carboxylic acids is 1. The molecule has 3 nitrogen and oxygen atoms in total. The summed E-state index contributed by atoms with van der Waals surface area (Å²) in [4.78, 5) is 10.5. The van der Waals surface area contributed by atoms with E-state index in [2.05, 4.69) is 11.9 Å². The lowest BCUT2D eigenvalue weighted by Crippen LogP contribution is -2.18. The number of nitrogens with one attached hydrogen (secondary N) is 1. The minimum atomic E-state index is -0.0843. The average molecular weight is 157 g/mol. The molecule has 0 saturated heterocycles. The van der Waals surface area contributed by atoms with Gasteiger partial charge in [-0.3, -0.25) is 4.79 Å². The van der Waals surface area contributed by atoms with Crippen LogP contribution in [0.1, 0.15) is 26.2 Å². The van der Waals surface area contributed by atoms with Gasteiger partial charge >= 0.3 is 0 Å². The third kappa shape index (κ3) is 7.06. The lowest BCUT2D eigenvalue weighted by molar-refractivity contribution is -0.118. The lowest BCUT2D eigenvalue weighted by atomic mass is 10.2. The van der Waals surface area contributed by atoms with Crippen LogP contribution in [0.5, 0.6) is 0 Å². The molecule has 3 heteroatoms. The number of unbranched alkanes of at least 4 members (excludes halogenated alkanes) is 1. The summed E-state index contributed by atoms with van der Waals surface area (Å²) < 4.78 is 0. The second-order valence-electron chi connectivity index (χ2n) is 2.47. The first-order valence-electron chi connectivity index (χ1n) is 3.73. The van der Waals surface area contributed by atoms with Crippen molar-refractivity contribution in [2.24, 2.45) is 0 Å². The van der Waals surface area contributed by atoms with Crippen molar-refractivity contribution < 1.29 is 9.90 Å². The van der Waals surface area contributed by atoms with Crippen molar-refractivity contribution in [3.05, 3.63) is 12.3 Å². The molecule has 0 bridgehead atoms. The van der Waals surface area contributed by atoms with Gasteiger partial charge in [0.1, 0.15) is 0 Å². The molecule has 0 aromatic rings. The molecule has 1 amide bonds.